The number of alkyl carbamates (subject to hydrolysis) is 1. The van der Waals surface area contributed by atoms with Crippen LogP contribution in [0.3, 0.4) is 0 Å². The average Bonchev–Trinajstić information content (AvgIpc) is 2.62. The summed E-state index contributed by atoms with van der Waals surface area (Å²) in [6.07, 6.45) is -0.425. The van der Waals surface area contributed by atoms with E-state index in [1.54, 1.807) is 34.4 Å². The van der Waals surface area contributed by atoms with E-state index in [9.17, 15) is 14.4 Å². The third-order valence-corrected chi connectivity index (χ3v) is 8.72. The van der Waals surface area contributed by atoms with E-state index >= 15 is 0 Å². The Morgan fingerprint density at radius 3 is 2.53 bits per heavy atom. The fourth-order valence-corrected chi connectivity index (χ4v) is 6.74. The molecule has 1 aromatic heterocycles. The Hall–Kier alpha value is -1.96. The maximum absolute atomic E-state index is 12.6. The van der Waals surface area contributed by atoms with E-state index in [1.807, 2.05) is 34.6 Å². The van der Waals surface area contributed by atoms with Crippen LogP contribution in [-0.4, -0.2) is 43.8 Å². The van der Waals surface area contributed by atoms with Crippen molar-refractivity contribution in [2.45, 2.75) is 45.5 Å². The van der Waals surface area contributed by atoms with Gasteiger partial charge in [0.2, 0.25) is 0 Å². The predicted octanol–water partition coefficient (Wildman–Crippen LogP) is 4.02. The topological polar surface area (TPSA) is 94.8 Å². The molecule has 30 heavy (non-hydrogen) atoms. The molecule has 1 aromatic carbocycles. The molecule has 2 aromatic rings. The summed E-state index contributed by atoms with van der Waals surface area (Å²) in [4.78, 5) is 35.5. The number of carbonyl (C=O) groups is 2. The Labute approximate surface area is 185 Å². The number of fused-ring (bicyclic) bond motifs is 1. The molecule has 1 N–H and O–H groups in total. The van der Waals surface area contributed by atoms with Crippen LogP contribution in [0.25, 0.3) is 11.0 Å². The second-order valence-corrected chi connectivity index (χ2v) is 12.7. The van der Waals surface area contributed by atoms with Gasteiger partial charge in [-0.1, -0.05) is 0 Å². The van der Waals surface area contributed by atoms with Gasteiger partial charge in [0, 0.05) is 0 Å². The summed E-state index contributed by atoms with van der Waals surface area (Å²) in [5, 5.41) is 4.15. The number of hydrogen-bond acceptors (Lipinski definition) is 7. The average molecular weight is 500 g/mol. The molecule has 1 amide bonds. The first-order valence-electron chi connectivity index (χ1n) is 9.44. The molecule has 0 aliphatic carbocycles. The Kier molecular flexibility index (Phi) is 8.41. The molecular weight excluding hydrogens is 473 g/mol. The molecule has 0 saturated carbocycles. The molecule has 2 rings (SSSR count). The molecule has 0 unspecified atom stereocenters. The third-order valence-electron chi connectivity index (χ3n) is 3.71. The Morgan fingerprint density at radius 1 is 1.13 bits per heavy atom. The SMILES string of the molecule is CC(C)(C)OC(=O)NCCS[Se]CC(C)(C)C(=O)Oc1ccc2ccc(=O)oc2c1. The molecule has 7 nitrogen and oxygen atoms in total. The number of hydrogen-bond donors (Lipinski definition) is 1. The van der Waals surface area contributed by atoms with Gasteiger partial charge in [0.15, 0.2) is 0 Å². The Bertz CT molecular complexity index is 950. The summed E-state index contributed by atoms with van der Waals surface area (Å²) in [5.41, 5.74) is -1.24. The van der Waals surface area contributed by atoms with Gasteiger partial charge in [-0.3, -0.25) is 0 Å². The number of nitrogens with one attached hydrogen (secondary N) is 1. The summed E-state index contributed by atoms with van der Waals surface area (Å²) in [6.45, 7) is 9.65. The second-order valence-electron chi connectivity index (χ2n) is 8.24. The van der Waals surface area contributed by atoms with E-state index in [2.05, 4.69) is 5.32 Å². The van der Waals surface area contributed by atoms with Crippen LogP contribution in [0.5, 0.6) is 5.75 Å². The van der Waals surface area contributed by atoms with Crippen molar-refractivity contribution >= 4 is 47.0 Å². The molecule has 164 valence electrons. The molecule has 0 saturated heterocycles. The Balaban J connectivity index is 1.76. The zero-order chi connectivity index (χ0) is 22.4. The van der Waals surface area contributed by atoms with Crippen LogP contribution < -0.4 is 15.7 Å². The minimum atomic E-state index is -0.655. The molecule has 0 radical (unpaired) electrons. The molecule has 1 heterocycles. The van der Waals surface area contributed by atoms with Crippen LogP contribution in [0.2, 0.25) is 5.32 Å². The van der Waals surface area contributed by atoms with Gasteiger partial charge >= 0.3 is 186 Å². The van der Waals surface area contributed by atoms with Crippen molar-refractivity contribution in [3.63, 3.8) is 0 Å². The monoisotopic (exact) mass is 501 g/mol. The fourth-order valence-electron chi connectivity index (χ4n) is 2.17. The van der Waals surface area contributed by atoms with Gasteiger partial charge in [0.25, 0.3) is 0 Å². The summed E-state index contributed by atoms with van der Waals surface area (Å²) in [5.74, 6) is 0.750. The van der Waals surface area contributed by atoms with Gasteiger partial charge in [-0.05, 0) is 0 Å². The van der Waals surface area contributed by atoms with Crippen molar-refractivity contribution in [1.82, 2.24) is 5.32 Å². The van der Waals surface area contributed by atoms with Crippen LogP contribution in [-0.2, 0) is 9.53 Å². The zero-order valence-electron chi connectivity index (χ0n) is 17.8. The first-order chi connectivity index (χ1) is 14.0. The molecule has 9 heteroatoms. The van der Waals surface area contributed by atoms with Crippen LogP contribution in [0.1, 0.15) is 34.6 Å². The quantitative estimate of drug-likeness (QED) is 0.192. The fraction of sp³-hybridized carbons (Fsp3) is 0.476. The number of carbonyl (C=O) groups excluding carboxylic acids is 2. The van der Waals surface area contributed by atoms with E-state index in [0.29, 0.717) is 23.2 Å². The number of rotatable bonds is 8. The van der Waals surface area contributed by atoms with E-state index in [1.165, 1.54) is 6.07 Å². The minimum absolute atomic E-state index is 0.147. The van der Waals surface area contributed by atoms with Crippen LogP contribution >= 0.6 is 10.2 Å². The van der Waals surface area contributed by atoms with Crippen LogP contribution in [0.4, 0.5) is 4.79 Å². The maximum atomic E-state index is 12.6. The molecule has 0 spiro atoms. The predicted molar refractivity (Wildman–Crippen MR) is 119 cm³/mol. The molecule has 0 fully saturated rings. The molecule has 0 aliphatic heterocycles. The van der Waals surface area contributed by atoms with Gasteiger partial charge in [-0.25, -0.2) is 0 Å². The summed E-state index contributed by atoms with van der Waals surface area (Å²) >= 11 is 0.147. The summed E-state index contributed by atoms with van der Waals surface area (Å²) in [7, 11) is 1.70. The van der Waals surface area contributed by atoms with Crippen LogP contribution in [0.15, 0.2) is 39.5 Å². The molecule has 0 aliphatic rings. The van der Waals surface area contributed by atoms with Crippen molar-refractivity contribution in [2.75, 3.05) is 12.3 Å². The first-order valence-corrected chi connectivity index (χ1v) is 13.7. The number of benzene rings is 1. The summed E-state index contributed by atoms with van der Waals surface area (Å²) in [6, 6.07) is 7.98. The third kappa shape index (κ3) is 8.05. The standard InChI is InChI=1S/C21H27NO6SSe/c1-20(2,3)28-19(25)22-10-11-29-30-13-21(4,5)18(24)26-15-8-6-14-7-9-17(23)27-16(14)12-15/h6-9,12H,10-11,13H2,1-5H3,(H,22,25). The van der Waals surface area contributed by atoms with Crippen molar-refractivity contribution < 1.29 is 23.5 Å². The first kappa shape index (κ1) is 24.3. The second kappa shape index (κ2) is 10.4. The van der Waals surface area contributed by atoms with Crippen molar-refractivity contribution in [3.05, 3.63) is 40.8 Å². The normalized spacial score (nSPS) is 11.9. The molecular formula is C21H27NO6SSe. The van der Waals surface area contributed by atoms with Gasteiger partial charge in [0.1, 0.15) is 0 Å². The van der Waals surface area contributed by atoms with Gasteiger partial charge in [-0.15, -0.1) is 0 Å². The number of esters is 1. The van der Waals surface area contributed by atoms with E-state index < -0.39 is 22.7 Å². The Morgan fingerprint density at radius 2 is 1.83 bits per heavy atom. The van der Waals surface area contributed by atoms with E-state index in [-0.39, 0.29) is 19.8 Å². The van der Waals surface area contributed by atoms with Crippen molar-refractivity contribution in [3.8, 4) is 5.75 Å². The van der Waals surface area contributed by atoms with E-state index in [4.69, 9.17) is 13.9 Å². The van der Waals surface area contributed by atoms with Gasteiger partial charge in [0.05, 0.1) is 0 Å². The van der Waals surface area contributed by atoms with E-state index in [0.717, 1.165) is 11.1 Å². The van der Waals surface area contributed by atoms with Gasteiger partial charge in [-0.2, -0.15) is 0 Å². The summed E-state index contributed by atoms with van der Waals surface area (Å²) < 4.78 is 15.8. The van der Waals surface area contributed by atoms with Crippen LogP contribution in [0, 0.1) is 5.41 Å². The zero-order valence-corrected chi connectivity index (χ0v) is 20.3. The molecule has 0 bridgehead atoms. The number of ether oxygens (including phenoxy) is 2. The van der Waals surface area contributed by atoms with Gasteiger partial charge < -0.3 is 0 Å². The number of amides is 1. The molecule has 0 atom stereocenters. The van der Waals surface area contributed by atoms with Crippen molar-refractivity contribution in [2.24, 2.45) is 5.41 Å². The van der Waals surface area contributed by atoms with Crippen molar-refractivity contribution in [1.29, 1.82) is 0 Å².